The summed E-state index contributed by atoms with van der Waals surface area (Å²) in [6, 6.07) is 8.06. The minimum atomic E-state index is 0.681. The molecule has 1 aliphatic rings. The molecule has 3 nitrogen and oxygen atoms in total. The zero-order chi connectivity index (χ0) is 10.3. The Bertz CT molecular complexity index is 470. The van der Waals surface area contributed by atoms with Gasteiger partial charge in [-0.15, -0.1) is 0 Å². The van der Waals surface area contributed by atoms with Gasteiger partial charge in [-0.25, -0.2) is 4.68 Å². The van der Waals surface area contributed by atoms with Gasteiger partial charge in [-0.05, 0) is 48.6 Å². The van der Waals surface area contributed by atoms with Crippen LogP contribution in [0, 0.1) is 0 Å². The van der Waals surface area contributed by atoms with E-state index >= 15 is 0 Å². The summed E-state index contributed by atoms with van der Waals surface area (Å²) in [5.74, 6) is 0.681. The van der Waals surface area contributed by atoms with Crippen LogP contribution in [0.4, 0.5) is 5.69 Å². The van der Waals surface area contributed by atoms with Crippen LogP contribution in [-0.4, -0.2) is 9.78 Å². The van der Waals surface area contributed by atoms with Gasteiger partial charge in [0.15, 0.2) is 0 Å². The number of aromatic nitrogens is 2. The molecule has 1 aromatic carbocycles. The normalized spacial score (nSPS) is 15.5. The minimum Gasteiger partial charge on any atom is -0.398 e. The number of hydrogen-bond donors (Lipinski definition) is 1. The van der Waals surface area contributed by atoms with Crippen molar-refractivity contribution in [1.82, 2.24) is 9.78 Å². The van der Waals surface area contributed by atoms with Crippen LogP contribution in [0.3, 0.4) is 0 Å². The van der Waals surface area contributed by atoms with E-state index in [4.69, 9.17) is 5.73 Å². The van der Waals surface area contributed by atoms with Gasteiger partial charge in [-0.2, -0.15) is 5.10 Å². The number of anilines is 1. The molecule has 0 bridgehead atoms. The summed E-state index contributed by atoms with van der Waals surface area (Å²) in [4.78, 5) is 0. The maximum absolute atomic E-state index is 5.95. The van der Waals surface area contributed by atoms with E-state index in [-0.39, 0.29) is 0 Å². The third-order valence-corrected chi connectivity index (χ3v) is 2.86. The number of nitrogens with zero attached hydrogens (tertiary/aromatic N) is 2. The van der Waals surface area contributed by atoms with Gasteiger partial charge in [0.1, 0.15) is 0 Å². The number of nitrogens with two attached hydrogens (primary N) is 1. The summed E-state index contributed by atoms with van der Waals surface area (Å²) in [5, 5.41) is 4.21. The highest BCUT2D eigenvalue weighted by molar-refractivity contribution is 5.55. The molecule has 1 aliphatic carbocycles. The summed E-state index contributed by atoms with van der Waals surface area (Å²) >= 11 is 0. The van der Waals surface area contributed by atoms with Gasteiger partial charge >= 0.3 is 0 Å². The molecule has 0 aliphatic heterocycles. The molecular weight excluding hydrogens is 186 g/mol. The lowest BCUT2D eigenvalue weighted by Crippen LogP contribution is -1.98. The van der Waals surface area contributed by atoms with Crippen molar-refractivity contribution in [2.75, 3.05) is 5.73 Å². The number of nitrogen functional groups attached to an aromatic ring is 1. The standard InChI is InChI=1S/C12H13N3/c13-12-5-4-10(15-7-1-6-14-15)8-11(12)9-2-3-9/h1,4-9H,2-3,13H2. The van der Waals surface area contributed by atoms with E-state index in [9.17, 15) is 0 Å². The topological polar surface area (TPSA) is 43.8 Å². The Morgan fingerprint density at radius 2 is 2.20 bits per heavy atom. The van der Waals surface area contributed by atoms with Gasteiger partial charge < -0.3 is 5.73 Å². The van der Waals surface area contributed by atoms with Crippen molar-refractivity contribution in [1.29, 1.82) is 0 Å². The van der Waals surface area contributed by atoms with Crippen molar-refractivity contribution >= 4 is 5.69 Å². The molecule has 0 amide bonds. The zero-order valence-corrected chi connectivity index (χ0v) is 8.43. The molecular formula is C12H13N3. The van der Waals surface area contributed by atoms with Crippen molar-refractivity contribution in [3.63, 3.8) is 0 Å². The van der Waals surface area contributed by atoms with Crippen LogP contribution in [0.5, 0.6) is 0 Å². The van der Waals surface area contributed by atoms with E-state index in [1.807, 2.05) is 29.1 Å². The van der Waals surface area contributed by atoms with Gasteiger partial charge in [0, 0.05) is 18.1 Å². The smallest absolute Gasteiger partial charge is 0.0649 e. The summed E-state index contributed by atoms with van der Waals surface area (Å²) in [6.45, 7) is 0. The van der Waals surface area contributed by atoms with Crippen LogP contribution in [-0.2, 0) is 0 Å². The Balaban J connectivity index is 2.06. The minimum absolute atomic E-state index is 0.681. The molecule has 2 N–H and O–H groups in total. The molecule has 0 spiro atoms. The summed E-state index contributed by atoms with van der Waals surface area (Å²) in [5.41, 5.74) is 9.24. The molecule has 3 rings (SSSR count). The van der Waals surface area contributed by atoms with Crippen LogP contribution < -0.4 is 5.73 Å². The maximum Gasteiger partial charge on any atom is 0.0649 e. The Hall–Kier alpha value is -1.77. The number of benzene rings is 1. The van der Waals surface area contributed by atoms with Crippen LogP contribution in [0.15, 0.2) is 36.7 Å². The molecule has 0 saturated heterocycles. The van der Waals surface area contributed by atoms with Crippen LogP contribution in [0.25, 0.3) is 5.69 Å². The molecule has 0 atom stereocenters. The predicted octanol–water partition coefficient (Wildman–Crippen LogP) is 2.33. The van der Waals surface area contributed by atoms with E-state index in [0.717, 1.165) is 11.4 Å². The van der Waals surface area contributed by atoms with E-state index in [2.05, 4.69) is 11.2 Å². The fourth-order valence-corrected chi connectivity index (χ4v) is 1.87. The molecule has 3 heteroatoms. The third-order valence-electron chi connectivity index (χ3n) is 2.86. The van der Waals surface area contributed by atoms with Crippen molar-refractivity contribution < 1.29 is 0 Å². The van der Waals surface area contributed by atoms with Crippen LogP contribution >= 0.6 is 0 Å². The Kier molecular flexibility index (Phi) is 1.78. The first-order chi connectivity index (χ1) is 7.34. The first-order valence-corrected chi connectivity index (χ1v) is 5.24. The predicted molar refractivity (Wildman–Crippen MR) is 60.0 cm³/mol. The van der Waals surface area contributed by atoms with Gasteiger partial charge in [-0.3, -0.25) is 0 Å². The summed E-state index contributed by atoms with van der Waals surface area (Å²) < 4.78 is 1.87. The van der Waals surface area contributed by atoms with Crippen molar-refractivity contribution in [2.24, 2.45) is 0 Å². The monoisotopic (exact) mass is 199 g/mol. The molecule has 1 aromatic heterocycles. The second-order valence-corrected chi connectivity index (χ2v) is 4.04. The van der Waals surface area contributed by atoms with Crippen molar-refractivity contribution in [3.8, 4) is 5.69 Å². The molecule has 1 heterocycles. The molecule has 0 unspecified atom stereocenters. The third kappa shape index (κ3) is 1.50. The lowest BCUT2D eigenvalue weighted by Gasteiger charge is -2.07. The lowest BCUT2D eigenvalue weighted by atomic mass is 10.1. The van der Waals surface area contributed by atoms with Gasteiger partial charge in [0.05, 0.1) is 5.69 Å². The van der Waals surface area contributed by atoms with Crippen LogP contribution in [0.1, 0.15) is 24.3 Å². The second-order valence-electron chi connectivity index (χ2n) is 4.04. The van der Waals surface area contributed by atoms with E-state index in [1.165, 1.54) is 18.4 Å². The fraction of sp³-hybridized carbons (Fsp3) is 0.250. The first-order valence-electron chi connectivity index (χ1n) is 5.24. The number of hydrogen-bond acceptors (Lipinski definition) is 2. The van der Waals surface area contributed by atoms with Gasteiger partial charge in [0.25, 0.3) is 0 Å². The van der Waals surface area contributed by atoms with Crippen LogP contribution in [0.2, 0.25) is 0 Å². The summed E-state index contributed by atoms with van der Waals surface area (Å²) in [7, 11) is 0. The highest BCUT2D eigenvalue weighted by Crippen LogP contribution is 2.43. The Labute approximate surface area is 88.5 Å². The molecule has 2 aromatic rings. The molecule has 0 radical (unpaired) electrons. The highest BCUT2D eigenvalue weighted by atomic mass is 15.3. The average Bonchev–Trinajstić information content (AvgIpc) is 2.94. The van der Waals surface area contributed by atoms with Crippen molar-refractivity contribution in [3.05, 3.63) is 42.2 Å². The second kappa shape index (κ2) is 3.12. The quantitative estimate of drug-likeness (QED) is 0.754. The molecule has 76 valence electrons. The largest absolute Gasteiger partial charge is 0.398 e. The summed E-state index contributed by atoms with van der Waals surface area (Å²) in [6.07, 6.45) is 6.27. The van der Waals surface area contributed by atoms with Gasteiger partial charge in [-0.1, -0.05) is 0 Å². The van der Waals surface area contributed by atoms with Gasteiger partial charge in [0.2, 0.25) is 0 Å². The van der Waals surface area contributed by atoms with E-state index in [1.54, 1.807) is 6.20 Å². The SMILES string of the molecule is Nc1ccc(-n2cccn2)cc1C1CC1. The fourth-order valence-electron chi connectivity index (χ4n) is 1.87. The molecule has 15 heavy (non-hydrogen) atoms. The Morgan fingerprint density at radius 3 is 2.87 bits per heavy atom. The number of rotatable bonds is 2. The zero-order valence-electron chi connectivity index (χ0n) is 8.43. The maximum atomic E-state index is 5.95. The lowest BCUT2D eigenvalue weighted by molar-refractivity contribution is 0.877. The molecule has 1 saturated carbocycles. The van der Waals surface area contributed by atoms with E-state index < -0.39 is 0 Å². The molecule has 1 fully saturated rings. The van der Waals surface area contributed by atoms with E-state index in [0.29, 0.717) is 5.92 Å². The average molecular weight is 199 g/mol. The Morgan fingerprint density at radius 1 is 1.33 bits per heavy atom. The first kappa shape index (κ1) is 8.53. The highest BCUT2D eigenvalue weighted by Gasteiger charge is 2.25. The van der Waals surface area contributed by atoms with Crippen molar-refractivity contribution in [2.45, 2.75) is 18.8 Å².